The second-order valence-electron chi connectivity index (χ2n) is 3.97. The van der Waals surface area contributed by atoms with Gasteiger partial charge in [0.1, 0.15) is 0 Å². The lowest BCUT2D eigenvalue weighted by atomic mass is 10.2. The highest BCUT2D eigenvalue weighted by Crippen LogP contribution is 2.07. The van der Waals surface area contributed by atoms with Crippen molar-refractivity contribution in [1.82, 2.24) is 15.1 Å². The van der Waals surface area contributed by atoms with Gasteiger partial charge in [0.25, 0.3) is 5.91 Å². The Bertz CT molecular complexity index is 266. The molecule has 16 heavy (non-hydrogen) atoms. The number of nitrogens with one attached hydrogen (secondary N) is 1. The van der Waals surface area contributed by atoms with Crippen molar-refractivity contribution in [3.63, 3.8) is 0 Å². The number of morpholine rings is 1. The predicted molar refractivity (Wildman–Crippen MR) is 56.5 cm³/mol. The summed E-state index contributed by atoms with van der Waals surface area (Å²) in [4.78, 5) is 25.8. The second kappa shape index (κ2) is 5.27. The van der Waals surface area contributed by atoms with Gasteiger partial charge in [0.15, 0.2) is 6.10 Å². The zero-order valence-electron chi connectivity index (χ0n) is 9.15. The predicted octanol–water partition coefficient (Wildman–Crippen LogP) is -1.81. The number of amides is 2. The van der Waals surface area contributed by atoms with Crippen LogP contribution in [0.25, 0.3) is 0 Å². The first kappa shape index (κ1) is 11.3. The van der Waals surface area contributed by atoms with Crippen LogP contribution < -0.4 is 5.32 Å². The van der Waals surface area contributed by atoms with Gasteiger partial charge in [-0.25, -0.2) is 0 Å². The summed E-state index contributed by atoms with van der Waals surface area (Å²) in [7, 11) is 0. The van der Waals surface area contributed by atoms with Gasteiger partial charge in [-0.2, -0.15) is 0 Å². The molecule has 2 aliphatic rings. The lowest BCUT2D eigenvalue weighted by Gasteiger charge is -2.34. The minimum absolute atomic E-state index is 0.0125. The summed E-state index contributed by atoms with van der Waals surface area (Å²) in [6, 6.07) is 0. The number of ether oxygens (including phenoxy) is 1. The normalized spacial score (nSPS) is 26.6. The average Bonchev–Trinajstić information content (AvgIpc) is 2.39. The molecular weight excluding hydrogens is 210 g/mol. The summed E-state index contributed by atoms with van der Waals surface area (Å²) in [5.74, 6) is -0.0125. The van der Waals surface area contributed by atoms with Crippen LogP contribution in [-0.2, 0) is 14.3 Å². The summed E-state index contributed by atoms with van der Waals surface area (Å²) in [5.41, 5.74) is 0. The fourth-order valence-corrected chi connectivity index (χ4v) is 1.97. The maximum Gasteiger partial charge on any atom is 0.312 e. The van der Waals surface area contributed by atoms with E-state index in [1.165, 1.54) is 4.90 Å². The summed E-state index contributed by atoms with van der Waals surface area (Å²) in [5, 5.41) is 3.18. The number of carbonyl (C=O) groups is 1. The van der Waals surface area contributed by atoms with Crippen LogP contribution in [0.2, 0.25) is 0 Å². The molecule has 0 aromatic heterocycles. The largest absolute Gasteiger partial charge is 0.365 e. The smallest absolute Gasteiger partial charge is 0.312 e. The molecule has 0 aromatic rings. The van der Waals surface area contributed by atoms with E-state index in [0.29, 0.717) is 32.8 Å². The van der Waals surface area contributed by atoms with Gasteiger partial charge >= 0.3 is 6.41 Å². The first-order valence-corrected chi connectivity index (χ1v) is 5.55. The molecule has 6 heteroatoms. The van der Waals surface area contributed by atoms with Crippen LogP contribution in [-0.4, -0.2) is 74.1 Å². The monoisotopic (exact) mass is 226 g/mol. The highest BCUT2D eigenvalue weighted by Gasteiger charge is 2.30. The van der Waals surface area contributed by atoms with Crippen molar-refractivity contribution in [3.05, 3.63) is 0 Å². The molecule has 6 nitrogen and oxygen atoms in total. The van der Waals surface area contributed by atoms with Crippen molar-refractivity contribution in [1.29, 1.82) is 0 Å². The highest BCUT2D eigenvalue weighted by molar-refractivity contribution is 5.81. The molecule has 2 heterocycles. The average molecular weight is 226 g/mol. The number of nitrogens with zero attached hydrogens (tertiary/aromatic N) is 2. The number of hydrogen-bond acceptors (Lipinski definition) is 4. The number of rotatable bonds is 2. The van der Waals surface area contributed by atoms with E-state index in [4.69, 9.17) is 4.74 Å². The molecule has 2 amide bonds. The van der Waals surface area contributed by atoms with Crippen molar-refractivity contribution in [2.75, 3.05) is 45.9 Å². The molecule has 0 saturated carbocycles. The lowest BCUT2D eigenvalue weighted by molar-refractivity contribution is -0.148. The summed E-state index contributed by atoms with van der Waals surface area (Å²) < 4.78 is 5.39. The van der Waals surface area contributed by atoms with E-state index in [0.717, 1.165) is 13.1 Å². The minimum Gasteiger partial charge on any atom is -0.365 e. The third-order valence-electron chi connectivity index (χ3n) is 2.90. The summed E-state index contributed by atoms with van der Waals surface area (Å²) in [6.45, 7) is 4.33. The van der Waals surface area contributed by atoms with Crippen LogP contribution in [0.4, 0.5) is 0 Å². The van der Waals surface area contributed by atoms with Gasteiger partial charge in [0.05, 0.1) is 13.2 Å². The van der Waals surface area contributed by atoms with E-state index in [-0.39, 0.29) is 5.91 Å². The Morgan fingerprint density at radius 3 is 2.75 bits per heavy atom. The Hall–Kier alpha value is -1.14. The van der Waals surface area contributed by atoms with Crippen LogP contribution in [0.5, 0.6) is 0 Å². The number of hydrogen-bond donors (Lipinski definition) is 1. The standard InChI is InChI=1S/C10H16N3O3/c14-8-12-5-6-16-9(7-12)10(15)13-3-1-11-2-4-13/h9,11H,1-7H2. The second-order valence-corrected chi connectivity index (χ2v) is 3.97. The first-order chi connectivity index (χ1) is 7.81. The third kappa shape index (κ3) is 2.51. The van der Waals surface area contributed by atoms with Crippen LogP contribution in [0.15, 0.2) is 0 Å². The van der Waals surface area contributed by atoms with Crippen LogP contribution in [0, 0.1) is 0 Å². The van der Waals surface area contributed by atoms with Crippen molar-refractivity contribution in [2.45, 2.75) is 6.10 Å². The maximum atomic E-state index is 12.0. The van der Waals surface area contributed by atoms with Crippen LogP contribution >= 0.6 is 0 Å². The Morgan fingerprint density at radius 1 is 1.31 bits per heavy atom. The van der Waals surface area contributed by atoms with Crippen molar-refractivity contribution >= 4 is 12.3 Å². The molecule has 2 fully saturated rings. The minimum atomic E-state index is -0.506. The molecule has 2 aliphatic heterocycles. The Morgan fingerprint density at radius 2 is 2.06 bits per heavy atom. The third-order valence-corrected chi connectivity index (χ3v) is 2.90. The van der Waals surface area contributed by atoms with Crippen molar-refractivity contribution in [3.8, 4) is 0 Å². The molecular formula is C10H16N3O3. The van der Waals surface area contributed by atoms with Crippen molar-refractivity contribution in [2.24, 2.45) is 0 Å². The molecule has 1 atom stereocenters. The molecule has 0 aliphatic carbocycles. The van der Waals surface area contributed by atoms with E-state index in [2.05, 4.69) is 5.32 Å². The van der Waals surface area contributed by atoms with Gasteiger partial charge in [0, 0.05) is 32.7 Å². The zero-order valence-corrected chi connectivity index (χ0v) is 9.15. The van der Waals surface area contributed by atoms with Crippen molar-refractivity contribution < 1.29 is 14.3 Å². The molecule has 0 aromatic carbocycles. The molecule has 2 saturated heterocycles. The maximum absolute atomic E-state index is 12.0. The fraction of sp³-hybridized carbons (Fsp3) is 0.800. The molecule has 2 rings (SSSR count). The van der Waals surface area contributed by atoms with E-state index < -0.39 is 6.10 Å². The van der Waals surface area contributed by atoms with Gasteiger partial charge in [0.2, 0.25) is 0 Å². The quantitative estimate of drug-likeness (QED) is 0.602. The molecule has 1 N–H and O–H groups in total. The first-order valence-electron chi connectivity index (χ1n) is 5.55. The Kier molecular flexibility index (Phi) is 3.74. The van der Waals surface area contributed by atoms with E-state index in [9.17, 15) is 9.59 Å². The van der Waals surface area contributed by atoms with E-state index in [1.807, 2.05) is 6.41 Å². The van der Waals surface area contributed by atoms with Crippen LogP contribution in [0.1, 0.15) is 0 Å². The zero-order chi connectivity index (χ0) is 11.4. The lowest BCUT2D eigenvalue weighted by Crippen LogP contribution is -2.54. The number of piperazine rings is 1. The molecule has 1 radical (unpaired) electrons. The molecule has 1 unspecified atom stereocenters. The topological polar surface area (TPSA) is 61.9 Å². The van der Waals surface area contributed by atoms with Gasteiger partial charge in [-0.3, -0.25) is 9.59 Å². The summed E-state index contributed by atoms with van der Waals surface area (Å²) >= 11 is 0. The Labute approximate surface area is 94.5 Å². The fourth-order valence-electron chi connectivity index (χ4n) is 1.97. The van der Waals surface area contributed by atoms with E-state index in [1.54, 1.807) is 4.90 Å². The summed E-state index contributed by atoms with van der Waals surface area (Å²) in [6.07, 6.45) is 1.31. The molecule has 0 bridgehead atoms. The van der Waals surface area contributed by atoms with Crippen LogP contribution in [0.3, 0.4) is 0 Å². The van der Waals surface area contributed by atoms with Gasteiger partial charge in [-0.15, -0.1) is 0 Å². The Balaban J connectivity index is 1.90. The van der Waals surface area contributed by atoms with Gasteiger partial charge in [-0.1, -0.05) is 0 Å². The number of carbonyl (C=O) groups excluding carboxylic acids is 2. The van der Waals surface area contributed by atoms with Gasteiger partial charge in [-0.05, 0) is 0 Å². The van der Waals surface area contributed by atoms with Gasteiger partial charge < -0.3 is 19.9 Å². The molecule has 0 spiro atoms. The SMILES string of the molecule is O=[C]N1CCOC(C(=O)N2CCNCC2)C1. The molecule has 89 valence electrons. The highest BCUT2D eigenvalue weighted by atomic mass is 16.5. The van der Waals surface area contributed by atoms with E-state index >= 15 is 0 Å².